The van der Waals surface area contributed by atoms with Crippen LogP contribution in [0.15, 0.2) is 47.4 Å². The first-order chi connectivity index (χ1) is 15.9. The fourth-order valence-electron chi connectivity index (χ4n) is 5.46. The number of carbonyl (C=O) groups is 2. The van der Waals surface area contributed by atoms with Crippen molar-refractivity contribution in [3.05, 3.63) is 53.6 Å². The Morgan fingerprint density at radius 2 is 1.67 bits per heavy atom. The first kappa shape index (κ1) is 21.9. The summed E-state index contributed by atoms with van der Waals surface area (Å²) in [6.45, 7) is 0.465. The molecule has 1 saturated carbocycles. The Bertz CT molecular complexity index is 1190. The molecule has 2 aromatic carbocycles. The zero-order chi connectivity index (χ0) is 23.2. The van der Waals surface area contributed by atoms with E-state index in [2.05, 4.69) is 0 Å². The van der Waals surface area contributed by atoms with Crippen LogP contribution < -0.4 is 9.04 Å². The van der Waals surface area contributed by atoms with Crippen molar-refractivity contribution in [1.82, 2.24) is 4.90 Å². The van der Waals surface area contributed by atoms with Crippen LogP contribution in [0.4, 0.5) is 5.69 Å². The standard InChI is InChI=1S/C25H28N2O5S/c1-32-22-13-12-17(16-26-24(28)19-9-3-4-10-20(19)25(26)29)15-23(22)33(30,31)27-14-6-8-18-7-2-5-11-21(18)27/h2,5,7,11-13,15,19-20H,3-4,6,8-10,14,16H2,1H3. The van der Waals surface area contributed by atoms with Gasteiger partial charge in [-0.2, -0.15) is 0 Å². The molecule has 174 valence electrons. The van der Waals surface area contributed by atoms with Gasteiger partial charge in [0.1, 0.15) is 10.6 Å². The van der Waals surface area contributed by atoms with Crippen molar-refractivity contribution in [1.29, 1.82) is 0 Å². The summed E-state index contributed by atoms with van der Waals surface area (Å²) in [6, 6.07) is 12.4. The molecule has 2 fully saturated rings. The van der Waals surface area contributed by atoms with Crippen LogP contribution in [-0.4, -0.2) is 38.8 Å². The molecule has 0 aromatic heterocycles. The summed E-state index contributed by atoms with van der Waals surface area (Å²) < 4.78 is 34.3. The van der Waals surface area contributed by atoms with Gasteiger partial charge in [-0.1, -0.05) is 37.1 Å². The van der Waals surface area contributed by atoms with Gasteiger partial charge in [0.25, 0.3) is 10.0 Å². The molecule has 2 aliphatic heterocycles. The first-order valence-electron chi connectivity index (χ1n) is 11.5. The summed E-state index contributed by atoms with van der Waals surface area (Å²) >= 11 is 0. The van der Waals surface area contributed by atoms with Gasteiger partial charge in [-0.3, -0.25) is 18.8 Å². The predicted molar refractivity (Wildman–Crippen MR) is 123 cm³/mol. The average molecular weight is 469 g/mol. The van der Waals surface area contributed by atoms with Gasteiger partial charge in [-0.05, 0) is 55.0 Å². The maximum atomic E-state index is 13.8. The fraction of sp³-hybridized carbons (Fsp3) is 0.440. The third kappa shape index (κ3) is 3.70. The van der Waals surface area contributed by atoms with E-state index in [0.717, 1.165) is 44.1 Å². The zero-order valence-corrected chi connectivity index (χ0v) is 19.5. The van der Waals surface area contributed by atoms with Crippen molar-refractivity contribution in [2.75, 3.05) is 18.0 Å². The molecule has 1 aliphatic carbocycles. The molecule has 2 aromatic rings. The van der Waals surface area contributed by atoms with Crippen LogP contribution in [0, 0.1) is 11.8 Å². The first-order valence-corrected chi connectivity index (χ1v) is 13.0. The highest BCUT2D eigenvalue weighted by Crippen LogP contribution is 2.39. The molecule has 2 heterocycles. The van der Waals surface area contributed by atoms with Crippen LogP contribution in [-0.2, 0) is 32.6 Å². The van der Waals surface area contributed by atoms with Crippen LogP contribution >= 0.6 is 0 Å². The molecular weight excluding hydrogens is 440 g/mol. The lowest BCUT2D eigenvalue weighted by Crippen LogP contribution is -2.36. The number of amides is 2. The molecule has 2 unspecified atom stereocenters. The van der Waals surface area contributed by atoms with Crippen LogP contribution in [0.2, 0.25) is 0 Å². The molecule has 2 amide bonds. The number of para-hydroxylation sites is 1. The summed E-state index contributed by atoms with van der Waals surface area (Å²) in [6.07, 6.45) is 5.01. The van der Waals surface area contributed by atoms with E-state index in [-0.39, 0.29) is 40.8 Å². The van der Waals surface area contributed by atoms with Crippen LogP contribution in [0.1, 0.15) is 43.2 Å². The average Bonchev–Trinajstić information content (AvgIpc) is 3.08. The van der Waals surface area contributed by atoms with E-state index in [0.29, 0.717) is 17.8 Å². The maximum absolute atomic E-state index is 13.8. The zero-order valence-electron chi connectivity index (χ0n) is 18.7. The Balaban J connectivity index is 1.48. The largest absolute Gasteiger partial charge is 0.495 e. The van der Waals surface area contributed by atoms with E-state index >= 15 is 0 Å². The number of hydrogen-bond acceptors (Lipinski definition) is 5. The number of sulfonamides is 1. The summed E-state index contributed by atoms with van der Waals surface area (Å²) in [7, 11) is -2.46. The van der Waals surface area contributed by atoms with Gasteiger partial charge >= 0.3 is 0 Å². The Labute approximate surface area is 194 Å². The number of benzene rings is 2. The topological polar surface area (TPSA) is 84.0 Å². The number of ether oxygens (including phenoxy) is 1. The molecule has 33 heavy (non-hydrogen) atoms. The molecule has 2 atom stereocenters. The van der Waals surface area contributed by atoms with E-state index in [4.69, 9.17) is 4.74 Å². The Hall–Kier alpha value is -2.87. The SMILES string of the molecule is COc1ccc(CN2C(=O)C3CCCCC3C2=O)cc1S(=O)(=O)N1CCCc2ccccc21. The Kier molecular flexibility index (Phi) is 5.64. The van der Waals surface area contributed by atoms with Gasteiger partial charge in [0, 0.05) is 6.54 Å². The normalized spacial score (nSPS) is 22.8. The van der Waals surface area contributed by atoms with Crippen molar-refractivity contribution in [3.63, 3.8) is 0 Å². The molecular formula is C25H28N2O5S. The van der Waals surface area contributed by atoms with Crippen LogP contribution in [0.5, 0.6) is 5.75 Å². The van der Waals surface area contributed by atoms with Gasteiger partial charge in [0.15, 0.2) is 0 Å². The summed E-state index contributed by atoms with van der Waals surface area (Å²) in [4.78, 5) is 27.2. The van der Waals surface area contributed by atoms with E-state index in [1.54, 1.807) is 18.2 Å². The lowest BCUT2D eigenvalue weighted by molar-refractivity contribution is -0.140. The number of rotatable bonds is 5. The second-order valence-electron chi connectivity index (χ2n) is 9.05. The number of carbonyl (C=O) groups excluding carboxylic acids is 2. The minimum Gasteiger partial charge on any atom is -0.495 e. The number of methoxy groups -OCH3 is 1. The second kappa shape index (κ2) is 8.48. The quantitative estimate of drug-likeness (QED) is 0.627. The van der Waals surface area contributed by atoms with Gasteiger partial charge in [0.05, 0.1) is 31.2 Å². The number of anilines is 1. The molecule has 8 heteroatoms. The lowest BCUT2D eigenvalue weighted by Gasteiger charge is -2.31. The van der Waals surface area contributed by atoms with E-state index in [9.17, 15) is 18.0 Å². The molecule has 1 saturated heterocycles. The highest BCUT2D eigenvalue weighted by Gasteiger charge is 2.48. The van der Waals surface area contributed by atoms with Gasteiger partial charge < -0.3 is 4.74 Å². The van der Waals surface area contributed by atoms with E-state index < -0.39 is 10.0 Å². The minimum absolute atomic E-state index is 0.0516. The van der Waals surface area contributed by atoms with Crippen molar-refractivity contribution in [3.8, 4) is 5.75 Å². The molecule has 0 radical (unpaired) electrons. The van der Waals surface area contributed by atoms with Crippen molar-refractivity contribution < 1.29 is 22.7 Å². The molecule has 5 rings (SSSR count). The molecule has 0 N–H and O–H groups in total. The van der Waals surface area contributed by atoms with Gasteiger partial charge in [-0.15, -0.1) is 0 Å². The molecule has 7 nitrogen and oxygen atoms in total. The van der Waals surface area contributed by atoms with Crippen molar-refractivity contribution >= 4 is 27.5 Å². The van der Waals surface area contributed by atoms with Crippen molar-refractivity contribution in [2.24, 2.45) is 11.8 Å². The van der Waals surface area contributed by atoms with E-state index in [1.165, 1.54) is 16.3 Å². The maximum Gasteiger partial charge on any atom is 0.268 e. The third-order valence-corrected chi connectivity index (χ3v) is 8.97. The Morgan fingerprint density at radius 3 is 2.36 bits per heavy atom. The summed E-state index contributed by atoms with van der Waals surface area (Å²) in [5.41, 5.74) is 2.28. The van der Waals surface area contributed by atoms with Gasteiger partial charge in [-0.25, -0.2) is 8.42 Å². The second-order valence-corrected chi connectivity index (χ2v) is 10.9. The highest BCUT2D eigenvalue weighted by atomic mass is 32.2. The lowest BCUT2D eigenvalue weighted by atomic mass is 9.81. The molecule has 0 bridgehead atoms. The number of aryl methyl sites for hydroxylation is 1. The summed E-state index contributed by atoms with van der Waals surface area (Å²) in [5.74, 6) is -0.463. The third-order valence-electron chi connectivity index (χ3n) is 7.14. The molecule has 0 spiro atoms. The number of hydrogen-bond donors (Lipinski definition) is 0. The number of fused-ring (bicyclic) bond motifs is 2. The smallest absolute Gasteiger partial charge is 0.268 e. The number of imide groups is 1. The predicted octanol–water partition coefficient (Wildman–Crippen LogP) is 3.51. The monoisotopic (exact) mass is 468 g/mol. The van der Waals surface area contributed by atoms with Crippen LogP contribution in [0.3, 0.4) is 0 Å². The summed E-state index contributed by atoms with van der Waals surface area (Å²) in [5, 5.41) is 0. The molecule has 3 aliphatic rings. The van der Waals surface area contributed by atoms with Crippen LogP contribution in [0.25, 0.3) is 0 Å². The van der Waals surface area contributed by atoms with Gasteiger partial charge in [0.2, 0.25) is 11.8 Å². The Morgan fingerprint density at radius 1 is 0.970 bits per heavy atom. The van der Waals surface area contributed by atoms with Crippen molar-refractivity contribution in [2.45, 2.75) is 50.0 Å². The number of nitrogens with zero attached hydrogens (tertiary/aromatic N) is 2. The van der Waals surface area contributed by atoms with E-state index in [1.807, 2.05) is 24.3 Å². The fourth-order valence-corrected chi connectivity index (χ4v) is 7.21. The minimum atomic E-state index is -3.90. The highest BCUT2D eigenvalue weighted by molar-refractivity contribution is 7.93. The number of likely N-dealkylation sites (tertiary alicyclic amines) is 1.